The lowest BCUT2D eigenvalue weighted by molar-refractivity contribution is 0.181. The lowest BCUT2D eigenvalue weighted by Crippen LogP contribution is -2.07. The normalized spacial score (nSPS) is 9.86. The van der Waals surface area contributed by atoms with E-state index in [-0.39, 0.29) is 32.4 Å². The molecule has 0 aliphatic heterocycles. The summed E-state index contributed by atoms with van der Waals surface area (Å²) < 4.78 is 9.99. The Kier molecular flexibility index (Phi) is 4.66. The van der Waals surface area contributed by atoms with E-state index in [4.69, 9.17) is 19.7 Å². The predicted molar refractivity (Wildman–Crippen MR) is 47.2 cm³/mol. The predicted octanol–water partition coefficient (Wildman–Crippen LogP) is -0.781. The largest absolute Gasteiger partial charge is 0.475 e. The Balaban J connectivity index is 2.50. The minimum Gasteiger partial charge on any atom is -0.475 e. The number of aliphatic hydroxyl groups excluding tert-OH is 2. The van der Waals surface area contributed by atoms with Crippen LogP contribution in [-0.4, -0.2) is 46.6 Å². The fraction of sp³-hybridized carbons (Fsp3) is 0.500. The molecule has 0 aliphatic rings. The molecule has 0 atom stereocenters. The number of aromatic nitrogens is 2. The molecule has 1 aromatic rings. The number of aliphatic hydroxyl groups is 2. The third-order valence-corrected chi connectivity index (χ3v) is 1.27. The molecule has 0 unspecified atom stereocenters. The van der Waals surface area contributed by atoms with Crippen LogP contribution in [-0.2, 0) is 0 Å². The summed E-state index contributed by atoms with van der Waals surface area (Å²) in [6.07, 6.45) is 1.48. The van der Waals surface area contributed by atoms with E-state index in [0.29, 0.717) is 5.88 Å². The summed E-state index contributed by atoms with van der Waals surface area (Å²) in [6.45, 7) is 0.155. The van der Waals surface area contributed by atoms with Crippen molar-refractivity contribution in [2.75, 3.05) is 26.4 Å². The first kappa shape index (κ1) is 10.7. The van der Waals surface area contributed by atoms with E-state index in [1.807, 2.05) is 0 Å². The first-order valence-electron chi connectivity index (χ1n) is 4.17. The van der Waals surface area contributed by atoms with Crippen LogP contribution in [0.1, 0.15) is 0 Å². The molecule has 0 fully saturated rings. The van der Waals surface area contributed by atoms with E-state index in [1.54, 1.807) is 6.07 Å². The highest BCUT2D eigenvalue weighted by Crippen LogP contribution is 2.09. The lowest BCUT2D eigenvalue weighted by Gasteiger charge is -2.04. The Morgan fingerprint density at radius 3 is 2.57 bits per heavy atom. The van der Waals surface area contributed by atoms with E-state index in [2.05, 4.69) is 9.97 Å². The number of hydrogen-bond donors (Lipinski definition) is 2. The van der Waals surface area contributed by atoms with Crippen molar-refractivity contribution >= 4 is 0 Å². The van der Waals surface area contributed by atoms with Crippen molar-refractivity contribution in [3.8, 4) is 11.9 Å². The maximum absolute atomic E-state index is 8.51. The van der Waals surface area contributed by atoms with E-state index in [0.717, 1.165) is 0 Å². The third kappa shape index (κ3) is 3.55. The fourth-order valence-corrected chi connectivity index (χ4v) is 0.762. The molecular weight excluding hydrogens is 188 g/mol. The molecule has 78 valence electrons. The Bertz CT molecular complexity index is 246. The van der Waals surface area contributed by atoms with Crippen LogP contribution < -0.4 is 9.47 Å². The Labute approximate surface area is 81.1 Å². The second-order valence-electron chi connectivity index (χ2n) is 2.32. The maximum Gasteiger partial charge on any atom is 0.319 e. The average molecular weight is 200 g/mol. The average Bonchev–Trinajstić information content (AvgIpc) is 2.24. The van der Waals surface area contributed by atoms with Gasteiger partial charge in [-0.3, -0.25) is 0 Å². The van der Waals surface area contributed by atoms with Crippen LogP contribution in [0.15, 0.2) is 12.3 Å². The molecule has 0 radical (unpaired) electrons. The highest BCUT2D eigenvalue weighted by Gasteiger charge is 2.00. The van der Waals surface area contributed by atoms with Gasteiger partial charge >= 0.3 is 6.01 Å². The van der Waals surface area contributed by atoms with Gasteiger partial charge in [0.2, 0.25) is 5.88 Å². The van der Waals surface area contributed by atoms with Crippen molar-refractivity contribution in [1.29, 1.82) is 0 Å². The molecule has 1 heterocycles. The molecule has 0 aliphatic carbocycles. The fourth-order valence-electron chi connectivity index (χ4n) is 0.762. The van der Waals surface area contributed by atoms with Crippen molar-refractivity contribution in [2.45, 2.75) is 0 Å². The van der Waals surface area contributed by atoms with Crippen LogP contribution >= 0.6 is 0 Å². The molecule has 0 saturated carbocycles. The summed E-state index contributed by atoms with van der Waals surface area (Å²) in [5.41, 5.74) is 0. The second-order valence-corrected chi connectivity index (χ2v) is 2.32. The van der Waals surface area contributed by atoms with Gasteiger partial charge in [0.1, 0.15) is 13.2 Å². The molecule has 14 heavy (non-hydrogen) atoms. The SMILES string of the molecule is OCCOc1ccnc(OCCO)n1. The number of hydrogen-bond acceptors (Lipinski definition) is 6. The van der Waals surface area contributed by atoms with Crippen molar-refractivity contribution < 1.29 is 19.7 Å². The number of nitrogens with zero attached hydrogens (tertiary/aromatic N) is 2. The molecule has 6 heteroatoms. The maximum atomic E-state index is 8.51. The molecule has 0 aromatic carbocycles. The summed E-state index contributed by atoms with van der Waals surface area (Å²) in [6, 6.07) is 1.70. The second kappa shape index (κ2) is 6.11. The van der Waals surface area contributed by atoms with Gasteiger partial charge < -0.3 is 19.7 Å². The summed E-state index contributed by atoms with van der Waals surface area (Å²) in [4.78, 5) is 7.67. The highest BCUT2D eigenvalue weighted by molar-refractivity contribution is 5.10. The van der Waals surface area contributed by atoms with E-state index in [9.17, 15) is 0 Å². The monoisotopic (exact) mass is 200 g/mol. The molecule has 1 aromatic heterocycles. The minimum atomic E-state index is -0.0922. The first-order valence-corrected chi connectivity index (χ1v) is 4.17. The zero-order valence-electron chi connectivity index (χ0n) is 7.59. The molecule has 0 spiro atoms. The Morgan fingerprint density at radius 2 is 1.86 bits per heavy atom. The third-order valence-electron chi connectivity index (χ3n) is 1.27. The van der Waals surface area contributed by atoms with Gasteiger partial charge in [-0.15, -0.1) is 0 Å². The number of rotatable bonds is 6. The molecule has 0 bridgehead atoms. The summed E-state index contributed by atoms with van der Waals surface area (Å²) in [5.74, 6) is 0.335. The van der Waals surface area contributed by atoms with Crippen LogP contribution in [0.5, 0.6) is 11.9 Å². The molecule has 6 nitrogen and oxygen atoms in total. The zero-order valence-corrected chi connectivity index (χ0v) is 7.59. The minimum absolute atomic E-state index is 0.0726. The van der Waals surface area contributed by atoms with Crippen molar-refractivity contribution in [3.63, 3.8) is 0 Å². The van der Waals surface area contributed by atoms with Crippen LogP contribution in [0.3, 0.4) is 0 Å². The molecular formula is C8H12N2O4. The summed E-state index contributed by atoms with van der Waals surface area (Å²) in [7, 11) is 0. The van der Waals surface area contributed by atoms with Crippen LogP contribution in [0.2, 0.25) is 0 Å². The van der Waals surface area contributed by atoms with Gasteiger partial charge in [0.15, 0.2) is 0 Å². The van der Waals surface area contributed by atoms with Crippen LogP contribution in [0.25, 0.3) is 0 Å². The molecule has 2 N–H and O–H groups in total. The van der Waals surface area contributed by atoms with Crippen molar-refractivity contribution in [3.05, 3.63) is 12.3 Å². The molecule has 1 rings (SSSR count). The van der Waals surface area contributed by atoms with Crippen molar-refractivity contribution in [1.82, 2.24) is 9.97 Å². The van der Waals surface area contributed by atoms with Gasteiger partial charge in [-0.05, 0) is 0 Å². The molecule has 0 saturated heterocycles. The van der Waals surface area contributed by atoms with Crippen molar-refractivity contribution in [2.24, 2.45) is 0 Å². The standard InChI is InChI=1S/C8H12N2O4/c11-3-5-13-7-1-2-9-8(10-7)14-6-4-12/h1-2,11-12H,3-6H2. The quantitative estimate of drug-likeness (QED) is 0.626. The van der Waals surface area contributed by atoms with Gasteiger partial charge in [-0.25, -0.2) is 4.98 Å². The Hall–Kier alpha value is -1.40. The van der Waals surface area contributed by atoms with Gasteiger partial charge in [0.25, 0.3) is 0 Å². The topological polar surface area (TPSA) is 84.7 Å². The smallest absolute Gasteiger partial charge is 0.319 e. The van der Waals surface area contributed by atoms with Gasteiger partial charge in [0.05, 0.1) is 13.2 Å². The summed E-state index contributed by atoms with van der Waals surface area (Å²) >= 11 is 0. The summed E-state index contributed by atoms with van der Waals surface area (Å²) in [5, 5.41) is 17.0. The van der Waals surface area contributed by atoms with Crippen LogP contribution in [0.4, 0.5) is 0 Å². The first-order chi connectivity index (χ1) is 6.86. The Morgan fingerprint density at radius 1 is 1.14 bits per heavy atom. The highest BCUT2D eigenvalue weighted by atomic mass is 16.5. The lowest BCUT2D eigenvalue weighted by atomic mass is 10.6. The van der Waals surface area contributed by atoms with Crippen LogP contribution in [0, 0.1) is 0 Å². The van der Waals surface area contributed by atoms with Gasteiger partial charge in [-0.1, -0.05) is 0 Å². The van der Waals surface area contributed by atoms with E-state index < -0.39 is 0 Å². The zero-order chi connectivity index (χ0) is 10.2. The van der Waals surface area contributed by atoms with Gasteiger partial charge in [0, 0.05) is 12.3 Å². The molecule has 0 amide bonds. The van der Waals surface area contributed by atoms with E-state index >= 15 is 0 Å². The van der Waals surface area contributed by atoms with E-state index in [1.165, 1.54) is 6.20 Å². The number of ether oxygens (including phenoxy) is 2. The van der Waals surface area contributed by atoms with Gasteiger partial charge in [-0.2, -0.15) is 4.98 Å².